The van der Waals surface area contributed by atoms with Crippen molar-refractivity contribution in [2.24, 2.45) is 4.99 Å². The second-order valence-corrected chi connectivity index (χ2v) is 4.34. The van der Waals surface area contributed by atoms with E-state index in [-0.39, 0.29) is 5.70 Å². The average Bonchev–Trinajstić information content (AvgIpc) is 2.80. The zero-order chi connectivity index (χ0) is 14.7. The van der Waals surface area contributed by atoms with Crippen molar-refractivity contribution in [1.29, 1.82) is 0 Å². The maximum atomic E-state index is 11.7. The molecule has 0 atom stereocenters. The number of ether oxygens (including phenoxy) is 3. The molecule has 1 heterocycles. The van der Waals surface area contributed by atoms with Crippen molar-refractivity contribution in [3.05, 3.63) is 29.0 Å². The largest absolute Gasteiger partial charge is 0.496 e. The van der Waals surface area contributed by atoms with Crippen LogP contribution in [0.15, 0.2) is 22.8 Å². The standard InChI is InChI=1S/C15H17NO4/c1-5-14-16-11(15(17)20-14)7-10-8-12(18-3)9(2)6-13(10)19-4/h6-8H,5H2,1-4H3/b11-7+. The highest BCUT2D eigenvalue weighted by molar-refractivity contribution is 6.07. The Hall–Kier alpha value is -2.30. The Labute approximate surface area is 117 Å². The summed E-state index contributed by atoms with van der Waals surface area (Å²) in [6.07, 6.45) is 2.23. The Kier molecular flexibility index (Phi) is 4.08. The Morgan fingerprint density at radius 2 is 1.95 bits per heavy atom. The molecular weight excluding hydrogens is 258 g/mol. The van der Waals surface area contributed by atoms with Gasteiger partial charge < -0.3 is 14.2 Å². The molecule has 0 aromatic heterocycles. The first-order valence-corrected chi connectivity index (χ1v) is 6.33. The molecule has 5 nitrogen and oxygen atoms in total. The molecule has 0 N–H and O–H groups in total. The monoisotopic (exact) mass is 275 g/mol. The van der Waals surface area contributed by atoms with E-state index >= 15 is 0 Å². The Morgan fingerprint density at radius 3 is 2.50 bits per heavy atom. The van der Waals surface area contributed by atoms with Crippen LogP contribution in [0.2, 0.25) is 0 Å². The molecule has 2 rings (SSSR count). The molecule has 0 saturated carbocycles. The molecule has 5 heteroatoms. The molecule has 0 spiro atoms. The Morgan fingerprint density at radius 1 is 1.25 bits per heavy atom. The topological polar surface area (TPSA) is 57.1 Å². The summed E-state index contributed by atoms with van der Waals surface area (Å²) in [5.41, 5.74) is 1.95. The van der Waals surface area contributed by atoms with Gasteiger partial charge in [-0.15, -0.1) is 0 Å². The first-order chi connectivity index (χ1) is 9.58. The van der Waals surface area contributed by atoms with E-state index in [1.165, 1.54) is 0 Å². The third-order valence-corrected chi connectivity index (χ3v) is 3.01. The Bertz CT molecular complexity index is 602. The maximum Gasteiger partial charge on any atom is 0.363 e. The number of carbonyl (C=O) groups excluding carboxylic acids is 1. The molecule has 0 aliphatic carbocycles. The number of rotatable bonds is 4. The van der Waals surface area contributed by atoms with Crippen molar-refractivity contribution >= 4 is 17.9 Å². The van der Waals surface area contributed by atoms with Crippen molar-refractivity contribution in [1.82, 2.24) is 0 Å². The van der Waals surface area contributed by atoms with Gasteiger partial charge in [0.2, 0.25) is 0 Å². The number of hydrogen-bond donors (Lipinski definition) is 0. The van der Waals surface area contributed by atoms with Gasteiger partial charge in [-0.2, -0.15) is 0 Å². The third-order valence-electron chi connectivity index (χ3n) is 3.01. The van der Waals surface area contributed by atoms with Crippen molar-refractivity contribution < 1.29 is 19.0 Å². The number of esters is 1. The maximum absolute atomic E-state index is 11.7. The van der Waals surface area contributed by atoms with Gasteiger partial charge in [-0.25, -0.2) is 9.79 Å². The number of nitrogens with zero attached hydrogens (tertiary/aromatic N) is 1. The van der Waals surface area contributed by atoms with Crippen molar-refractivity contribution in [2.45, 2.75) is 20.3 Å². The number of carbonyl (C=O) groups is 1. The molecule has 106 valence electrons. The third kappa shape index (κ3) is 2.66. The predicted molar refractivity (Wildman–Crippen MR) is 76.1 cm³/mol. The van der Waals surface area contributed by atoms with Crippen LogP contribution < -0.4 is 9.47 Å². The lowest BCUT2D eigenvalue weighted by Gasteiger charge is -2.10. The van der Waals surface area contributed by atoms with Crippen LogP contribution in [-0.4, -0.2) is 26.1 Å². The van der Waals surface area contributed by atoms with E-state index in [0.29, 0.717) is 18.1 Å². The van der Waals surface area contributed by atoms with Gasteiger partial charge in [-0.1, -0.05) is 6.92 Å². The fourth-order valence-electron chi connectivity index (χ4n) is 1.94. The van der Waals surface area contributed by atoms with Crippen LogP contribution in [0.25, 0.3) is 6.08 Å². The van der Waals surface area contributed by atoms with E-state index < -0.39 is 5.97 Å². The average molecular weight is 275 g/mol. The van der Waals surface area contributed by atoms with Gasteiger partial charge >= 0.3 is 5.97 Å². The number of hydrogen-bond acceptors (Lipinski definition) is 5. The van der Waals surface area contributed by atoms with E-state index in [4.69, 9.17) is 14.2 Å². The molecular formula is C15H17NO4. The minimum Gasteiger partial charge on any atom is -0.496 e. The predicted octanol–water partition coefficient (Wildman–Crippen LogP) is 2.72. The van der Waals surface area contributed by atoms with Crippen molar-refractivity contribution in [3.63, 3.8) is 0 Å². The molecule has 0 bridgehead atoms. The molecule has 0 fully saturated rings. The van der Waals surface area contributed by atoms with Crippen molar-refractivity contribution in [3.8, 4) is 11.5 Å². The minimum atomic E-state index is -0.441. The molecule has 1 aliphatic rings. The normalized spacial score (nSPS) is 16.1. The van der Waals surface area contributed by atoms with E-state index in [2.05, 4.69) is 4.99 Å². The zero-order valence-electron chi connectivity index (χ0n) is 12.0. The second-order valence-electron chi connectivity index (χ2n) is 4.34. The summed E-state index contributed by atoms with van der Waals surface area (Å²) in [4.78, 5) is 15.8. The number of benzene rings is 1. The summed E-state index contributed by atoms with van der Waals surface area (Å²) < 4.78 is 15.6. The van der Waals surface area contributed by atoms with Crippen LogP contribution in [0.4, 0.5) is 0 Å². The van der Waals surface area contributed by atoms with Crippen LogP contribution in [0, 0.1) is 6.92 Å². The van der Waals surface area contributed by atoms with Crippen LogP contribution in [0.5, 0.6) is 11.5 Å². The van der Waals surface area contributed by atoms with Gasteiger partial charge in [0.15, 0.2) is 11.6 Å². The lowest BCUT2D eigenvalue weighted by Crippen LogP contribution is -2.02. The number of methoxy groups -OCH3 is 2. The highest BCUT2D eigenvalue weighted by atomic mass is 16.6. The highest BCUT2D eigenvalue weighted by Gasteiger charge is 2.22. The minimum absolute atomic E-state index is 0.269. The van der Waals surface area contributed by atoms with Crippen LogP contribution in [-0.2, 0) is 9.53 Å². The second kappa shape index (κ2) is 5.77. The van der Waals surface area contributed by atoms with Gasteiger partial charge in [0.25, 0.3) is 0 Å². The quantitative estimate of drug-likeness (QED) is 0.626. The van der Waals surface area contributed by atoms with Crippen LogP contribution in [0.3, 0.4) is 0 Å². The molecule has 1 aromatic rings. The highest BCUT2D eigenvalue weighted by Crippen LogP contribution is 2.30. The van der Waals surface area contributed by atoms with Gasteiger partial charge in [-0.05, 0) is 30.7 Å². The summed E-state index contributed by atoms with van der Waals surface area (Å²) in [7, 11) is 3.18. The molecule has 0 radical (unpaired) electrons. The molecule has 1 aromatic carbocycles. The molecule has 0 amide bonds. The zero-order valence-corrected chi connectivity index (χ0v) is 12.0. The number of aliphatic imine (C=N–C) groups is 1. The molecule has 0 unspecified atom stereocenters. The van der Waals surface area contributed by atoms with E-state index in [0.717, 1.165) is 16.9 Å². The summed E-state index contributed by atoms with van der Waals surface area (Å²) in [6, 6.07) is 3.67. The lowest BCUT2D eigenvalue weighted by molar-refractivity contribution is -0.130. The fourth-order valence-corrected chi connectivity index (χ4v) is 1.94. The van der Waals surface area contributed by atoms with Crippen LogP contribution >= 0.6 is 0 Å². The van der Waals surface area contributed by atoms with Gasteiger partial charge in [0, 0.05) is 12.0 Å². The summed E-state index contributed by atoms with van der Waals surface area (Å²) >= 11 is 0. The summed E-state index contributed by atoms with van der Waals surface area (Å²) in [5.74, 6) is 1.37. The van der Waals surface area contributed by atoms with Gasteiger partial charge in [0.05, 0.1) is 14.2 Å². The van der Waals surface area contributed by atoms with Crippen LogP contribution in [0.1, 0.15) is 24.5 Å². The van der Waals surface area contributed by atoms with Crippen molar-refractivity contribution in [2.75, 3.05) is 14.2 Å². The Balaban J connectivity index is 2.47. The van der Waals surface area contributed by atoms with Gasteiger partial charge in [0.1, 0.15) is 11.5 Å². The SMILES string of the molecule is CCC1=N/C(=C/c2cc(OC)c(C)cc2OC)C(=O)O1. The lowest BCUT2D eigenvalue weighted by atomic mass is 10.1. The molecule has 1 aliphatic heterocycles. The fraction of sp³-hybridized carbons (Fsp3) is 0.333. The molecule has 20 heavy (non-hydrogen) atoms. The van der Waals surface area contributed by atoms with E-state index in [1.54, 1.807) is 20.3 Å². The summed E-state index contributed by atoms with van der Waals surface area (Å²) in [5, 5.41) is 0. The number of cyclic esters (lactones) is 1. The number of aryl methyl sites for hydroxylation is 1. The van der Waals surface area contributed by atoms with Gasteiger partial charge in [-0.3, -0.25) is 0 Å². The summed E-state index contributed by atoms with van der Waals surface area (Å²) in [6.45, 7) is 3.81. The smallest absolute Gasteiger partial charge is 0.363 e. The molecule has 0 saturated heterocycles. The first-order valence-electron chi connectivity index (χ1n) is 6.33. The van der Waals surface area contributed by atoms with E-state index in [1.807, 2.05) is 26.0 Å². The van der Waals surface area contributed by atoms with E-state index in [9.17, 15) is 4.79 Å². The first kappa shape index (κ1) is 14.1.